The number of amides is 2. The van der Waals surface area contributed by atoms with Gasteiger partial charge in [0, 0.05) is 61.4 Å². The van der Waals surface area contributed by atoms with E-state index in [9.17, 15) is 9.59 Å². The van der Waals surface area contributed by atoms with E-state index in [0.29, 0.717) is 59.2 Å². The Morgan fingerprint density at radius 2 is 1.55 bits per heavy atom. The zero-order valence-corrected chi connectivity index (χ0v) is 28.2. The van der Waals surface area contributed by atoms with Gasteiger partial charge in [0.2, 0.25) is 11.8 Å². The van der Waals surface area contributed by atoms with Crippen LogP contribution in [0.1, 0.15) is 31.9 Å². The van der Waals surface area contributed by atoms with Gasteiger partial charge < -0.3 is 28.9 Å². The second-order valence-corrected chi connectivity index (χ2v) is 12.9. The highest BCUT2D eigenvalue weighted by atomic mass is 35.5. The highest BCUT2D eigenvalue weighted by molar-refractivity contribution is 6.35. The summed E-state index contributed by atoms with van der Waals surface area (Å²) in [5.74, 6) is 1.16. The fourth-order valence-corrected chi connectivity index (χ4v) is 5.31. The molecule has 1 aliphatic heterocycles. The molecule has 0 radical (unpaired) electrons. The molecule has 246 valence electrons. The van der Waals surface area contributed by atoms with E-state index in [-0.39, 0.29) is 25.1 Å². The zero-order valence-electron chi connectivity index (χ0n) is 26.7. The Morgan fingerprint density at radius 3 is 2.19 bits per heavy atom. The van der Waals surface area contributed by atoms with E-state index in [4.69, 9.17) is 37.4 Å². The fraction of sp³-hybridized carbons (Fsp3) is 0.324. The highest BCUT2D eigenvalue weighted by Crippen LogP contribution is 2.30. The highest BCUT2D eigenvalue weighted by Gasteiger charge is 2.27. The Morgan fingerprint density at radius 1 is 0.894 bits per heavy atom. The van der Waals surface area contributed by atoms with Crippen LogP contribution in [0.4, 0.5) is 15.5 Å². The molecular formula is C34H36Cl2N6O5. The number of rotatable bonds is 8. The molecule has 11 nitrogen and oxygen atoms in total. The second-order valence-electron chi connectivity index (χ2n) is 12.0. The van der Waals surface area contributed by atoms with Crippen LogP contribution in [0.25, 0.3) is 11.3 Å². The summed E-state index contributed by atoms with van der Waals surface area (Å²) in [5, 5.41) is 0.916. The van der Waals surface area contributed by atoms with Crippen molar-refractivity contribution in [3.8, 4) is 22.9 Å². The molecular weight excluding hydrogens is 643 g/mol. The number of halogens is 2. The summed E-state index contributed by atoms with van der Waals surface area (Å²) in [5.41, 5.74) is 2.31. The van der Waals surface area contributed by atoms with E-state index in [1.807, 2.05) is 62.1 Å². The molecule has 0 bridgehead atoms. The first-order valence-electron chi connectivity index (χ1n) is 15.0. The molecule has 1 aliphatic rings. The van der Waals surface area contributed by atoms with Crippen molar-refractivity contribution in [2.45, 2.75) is 39.5 Å². The first kappa shape index (κ1) is 33.7. The van der Waals surface area contributed by atoms with Crippen molar-refractivity contribution in [3.63, 3.8) is 0 Å². The van der Waals surface area contributed by atoms with Gasteiger partial charge in [-0.1, -0.05) is 53.5 Å². The van der Waals surface area contributed by atoms with Gasteiger partial charge in [-0.15, -0.1) is 0 Å². The average molecular weight is 680 g/mol. The van der Waals surface area contributed by atoms with Crippen LogP contribution in [0, 0.1) is 0 Å². The molecule has 0 atom stereocenters. The number of piperazine rings is 1. The lowest BCUT2D eigenvalue weighted by Gasteiger charge is -2.35. The monoisotopic (exact) mass is 678 g/mol. The summed E-state index contributed by atoms with van der Waals surface area (Å²) in [6, 6.07) is 18.2. The van der Waals surface area contributed by atoms with Gasteiger partial charge in [-0.05, 0) is 56.2 Å². The van der Waals surface area contributed by atoms with Gasteiger partial charge in [-0.3, -0.25) is 0 Å². The van der Waals surface area contributed by atoms with Crippen LogP contribution < -0.4 is 9.64 Å². The average Bonchev–Trinajstić information content (AvgIpc) is 3.03. The quantitative estimate of drug-likeness (QED) is 0.187. The summed E-state index contributed by atoms with van der Waals surface area (Å²) >= 11 is 12.6. The topological polar surface area (TPSA) is 110 Å². The molecule has 13 heteroatoms. The first-order chi connectivity index (χ1) is 22.4. The van der Waals surface area contributed by atoms with E-state index in [1.54, 1.807) is 48.6 Å². The predicted octanol–water partition coefficient (Wildman–Crippen LogP) is 7.46. The Hall–Kier alpha value is -4.61. The number of hydrogen-bond acceptors (Lipinski definition) is 9. The summed E-state index contributed by atoms with van der Waals surface area (Å²) < 4.78 is 17.1. The molecule has 0 unspecified atom stereocenters. The van der Waals surface area contributed by atoms with Crippen LogP contribution >= 0.6 is 23.2 Å². The minimum absolute atomic E-state index is 0.163. The summed E-state index contributed by atoms with van der Waals surface area (Å²) in [7, 11) is 1.66. The maximum Gasteiger partial charge on any atom is 0.410 e. The molecule has 0 spiro atoms. The van der Waals surface area contributed by atoms with Crippen molar-refractivity contribution in [2.75, 3.05) is 38.1 Å². The summed E-state index contributed by atoms with van der Waals surface area (Å²) in [6.45, 7) is 8.05. The molecule has 2 aromatic heterocycles. The molecule has 5 rings (SSSR count). The van der Waals surface area contributed by atoms with Crippen LogP contribution in [0.5, 0.6) is 11.6 Å². The Bertz CT molecular complexity index is 1670. The number of nitrogens with zero attached hydrogens (tertiary/aromatic N) is 6. The van der Waals surface area contributed by atoms with E-state index < -0.39 is 11.7 Å². The lowest BCUT2D eigenvalue weighted by Crippen LogP contribution is -2.50. The number of carbonyl (C=O) groups is 2. The SMILES string of the molecule is CN(Cc1cc(Oc2cnc(N3CCN(C(=O)OC(C)(C)C)CC3)nc2)nc(-c2cc(Cl)cc(Cl)c2)c1)C(=O)OCc1ccccc1. The van der Waals surface area contributed by atoms with E-state index in [0.717, 1.165) is 11.1 Å². The molecule has 1 fully saturated rings. The van der Waals surface area contributed by atoms with E-state index in [1.165, 1.54) is 4.90 Å². The third-order valence-electron chi connectivity index (χ3n) is 7.01. The number of carbonyl (C=O) groups excluding carboxylic acids is 2. The number of anilines is 1. The van der Waals surface area contributed by atoms with Crippen molar-refractivity contribution >= 4 is 41.3 Å². The largest absolute Gasteiger partial charge is 0.445 e. The van der Waals surface area contributed by atoms with Crippen molar-refractivity contribution in [1.29, 1.82) is 0 Å². The second kappa shape index (κ2) is 14.9. The van der Waals surface area contributed by atoms with Crippen molar-refractivity contribution in [3.05, 3.63) is 94.2 Å². The number of pyridine rings is 1. The minimum Gasteiger partial charge on any atom is -0.445 e. The summed E-state index contributed by atoms with van der Waals surface area (Å²) in [4.78, 5) is 44.0. The fourth-order valence-electron chi connectivity index (χ4n) is 4.78. The zero-order chi connectivity index (χ0) is 33.6. The smallest absolute Gasteiger partial charge is 0.410 e. The van der Waals surface area contributed by atoms with Crippen molar-refractivity contribution in [2.24, 2.45) is 0 Å². The van der Waals surface area contributed by atoms with Crippen LogP contribution in [-0.4, -0.2) is 75.8 Å². The lowest BCUT2D eigenvalue weighted by atomic mass is 10.1. The third kappa shape index (κ3) is 9.69. The van der Waals surface area contributed by atoms with Gasteiger partial charge in [0.25, 0.3) is 0 Å². The standard InChI is InChI=1S/C34H36Cl2N6O5/c1-34(2,3)47-33(44)42-12-10-41(11-13-42)31-37-19-28(20-38-31)46-30-15-24(14-29(39-30)25-16-26(35)18-27(36)17-25)21-40(4)32(43)45-22-23-8-6-5-7-9-23/h5-9,14-20H,10-13,21-22H2,1-4H3. The predicted molar refractivity (Wildman–Crippen MR) is 180 cm³/mol. The number of benzene rings is 2. The number of aromatic nitrogens is 3. The number of ether oxygens (including phenoxy) is 3. The van der Waals surface area contributed by atoms with E-state index in [2.05, 4.69) is 15.0 Å². The van der Waals surface area contributed by atoms with Gasteiger partial charge in [0.15, 0.2) is 5.75 Å². The van der Waals surface area contributed by atoms with Gasteiger partial charge in [0.05, 0.1) is 18.1 Å². The first-order valence-corrected chi connectivity index (χ1v) is 15.8. The molecule has 4 aromatic rings. The molecule has 2 amide bonds. The maximum absolute atomic E-state index is 12.8. The molecule has 0 N–H and O–H groups in total. The van der Waals surface area contributed by atoms with Crippen LogP contribution in [0.3, 0.4) is 0 Å². The van der Waals surface area contributed by atoms with Crippen molar-refractivity contribution < 1.29 is 23.8 Å². The van der Waals surface area contributed by atoms with Crippen molar-refractivity contribution in [1.82, 2.24) is 24.8 Å². The molecule has 47 heavy (non-hydrogen) atoms. The molecule has 3 heterocycles. The molecule has 0 saturated carbocycles. The van der Waals surface area contributed by atoms with Gasteiger partial charge in [-0.2, -0.15) is 0 Å². The van der Waals surface area contributed by atoms with E-state index >= 15 is 0 Å². The molecule has 1 saturated heterocycles. The van der Waals surface area contributed by atoms with Gasteiger partial charge in [0.1, 0.15) is 12.2 Å². The van der Waals surface area contributed by atoms with Gasteiger partial charge >= 0.3 is 12.2 Å². The van der Waals surface area contributed by atoms with Crippen LogP contribution in [-0.2, 0) is 22.6 Å². The maximum atomic E-state index is 12.8. The normalized spacial score (nSPS) is 13.2. The summed E-state index contributed by atoms with van der Waals surface area (Å²) in [6.07, 6.45) is 2.34. The number of hydrogen-bond donors (Lipinski definition) is 0. The minimum atomic E-state index is -0.548. The molecule has 0 aliphatic carbocycles. The Labute approximate surface area is 284 Å². The van der Waals surface area contributed by atoms with Crippen LogP contribution in [0.2, 0.25) is 10.0 Å². The lowest BCUT2D eigenvalue weighted by molar-refractivity contribution is 0.0240. The molecule has 2 aromatic carbocycles. The van der Waals surface area contributed by atoms with Gasteiger partial charge in [-0.25, -0.2) is 24.5 Å². The van der Waals surface area contributed by atoms with Crippen LogP contribution in [0.15, 0.2) is 73.1 Å². The Balaban J connectivity index is 1.28. The third-order valence-corrected chi connectivity index (χ3v) is 7.44. The Kier molecular flexibility index (Phi) is 10.7.